The molecule has 0 aliphatic heterocycles. The van der Waals surface area contributed by atoms with Gasteiger partial charge in [-0.3, -0.25) is 4.90 Å². The topological polar surface area (TPSA) is 101 Å². The molecule has 2 unspecified atom stereocenters. The van der Waals surface area contributed by atoms with Gasteiger partial charge in [-0.25, -0.2) is 8.42 Å². The number of nitrogens with zero attached hydrogens (tertiary/aromatic N) is 1. The fourth-order valence-corrected chi connectivity index (χ4v) is 2.25. The van der Waals surface area contributed by atoms with E-state index >= 15 is 0 Å². The van der Waals surface area contributed by atoms with E-state index in [2.05, 4.69) is 0 Å². The van der Waals surface area contributed by atoms with Crippen molar-refractivity contribution in [2.45, 2.75) is 38.8 Å². The Labute approximate surface area is 121 Å². The molecule has 6 nitrogen and oxygen atoms in total. The van der Waals surface area contributed by atoms with Gasteiger partial charge in [0.2, 0.25) is 0 Å². The summed E-state index contributed by atoms with van der Waals surface area (Å²) in [4.78, 5) is 1.70. The van der Waals surface area contributed by atoms with Crippen molar-refractivity contribution in [2.75, 3.05) is 25.5 Å². The van der Waals surface area contributed by atoms with Crippen LogP contribution in [0.25, 0.3) is 0 Å². The predicted octanol–water partition coefficient (Wildman–Crippen LogP) is -3.62. The Morgan fingerprint density at radius 1 is 1.11 bits per heavy atom. The van der Waals surface area contributed by atoms with Gasteiger partial charge >= 0.3 is 18.9 Å². The first kappa shape index (κ1) is 20.7. The van der Waals surface area contributed by atoms with Crippen LogP contribution in [0.5, 0.6) is 0 Å². The van der Waals surface area contributed by atoms with Gasteiger partial charge in [-0.05, 0) is 12.8 Å². The summed E-state index contributed by atoms with van der Waals surface area (Å²) < 4.78 is 31.9. The second-order valence-electron chi connectivity index (χ2n) is 3.99. The van der Waals surface area contributed by atoms with Crippen molar-refractivity contribution >= 4 is 10.1 Å². The average molecular weight is 275 g/mol. The van der Waals surface area contributed by atoms with Gasteiger partial charge in [-0.2, -0.15) is 0 Å². The third-order valence-electron chi connectivity index (χ3n) is 2.90. The third-order valence-corrected chi connectivity index (χ3v) is 3.58. The van der Waals surface area contributed by atoms with E-state index in [0.29, 0.717) is 12.8 Å². The largest absolute Gasteiger partial charge is 1.00 e. The molecule has 0 aromatic rings. The molecule has 0 rings (SSSR count). The van der Waals surface area contributed by atoms with E-state index in [1.165, 1.54) is 0 Å². The smallest absolute Gasteiger partial charge is 0.748 e. The molecule has 0 radical (unpaired) electrons. The normalized spacial score (nSPS) is 15.2. The zero-order valence-electron chi connectivity index (χ0n) is 11.4. The summed E-state index contributed by atoms with van der Waals surface area (Å²) in [5, 5.41) is 18.4. The Balaban J connectivity index is 0. The SMILES string of the molecule is CCC(CO)N(CCS(=O)(=O)[O-])C(CC)CO.[Li+]. The standard InChI is InChI=1S/C10H23NO5S.Li/c1-3-9(7-12)11(10(4-2)8-13)5-6-17(14,15)16;/h9-10,12-13H,3-8H2,1-2H3,(H,14,15,16);/q;+1/p-1. The summed E-state index contributed by atoms with van der Waals surface area (Å²) in [6, 6.07) is -0.456. The predicted molar refractivity (Wildman–Crippen MR) is 63.6 cm³/mol. The fourth-order valence-electron chi connectivity index (χ4n) is 1.82. The van der Waals surface area contributed by atoms with Crippen molar-refractivity contribution in [2.24, 2.45) is 0 Å². The van der Waals surface area contributed by atoms with Gasteiger partial charge in [0, 0.05) is 18.6 Å². The maximum Gasteiger partial charge on any atom is 1.00 e. The number of hydrogen-bond donors (Lipinski definition) is 2. The molecule has 0 fully saturated rings. The summed E-state index contributed by atoms with van der Waals surface area (Å²) in [5.41, 5.74) is 0. The molecule has 8 heteroatoms. The molecule has 0 bridgehead atoms. The second kappa shape index (κ2) is 10.2. The van der Waals surface area contributed by atoms with Crippen LogP contribution < -0.4 is 18.9 Å². The quantitative estimate of drug-likeness (QED) is 0.333. The van der Waals surface area contributed by atoms with Crippen LogP contribution in [0.3, 0.4) is 0 Å². The van der Waals surface area contributed by atoms with E-state index < -0.39 is 15.9 Å². The van der Waals surface area contributed by atoms with Crippen LogP contribution in [-0.4, -0.2) is 65.7 Å². The van der Waals surface area contributed by atoms with E-state index in [1.54, 1.807) is 4.90 Å². The number of rotatable bonds is 9. The zero-order valence-corrected chi connectivity index (χ0v) is 12.2. The molecule has 0 heterocycles. The van der Waals surface area contributed by atoms with Crippen LogP contribution in [0.1, 0.15) is 26.7 Å². The van der Waals surface area contributed by atoms with Crippen LogP contribution >= 0.6 is 0 Å². The van der Waals surface area contributed by atoms with Crippen LogP contribution in [0.2, 0.25) is 0 Å². The minimum absolute atomic E-state index is 0. The van der Waals surface area contributed by atoms with E-state index in [1.807, 2.05) is 13.8 Å². The van der Waals surface area contributed by atoms with Crippen molar-refractivity contribution in [1.29, 1.82) is 0 Å². The molecule has 0 spiro atoms. The summed E-state index contributed by atoms with van der Waals surface area (Å²) in [5.74, 6) is -0.500. The molecule has 0 aliphatic rings. The Morgan fingerprint density at radius 2 is 1.50 bits per heavy atom. The number of aliphatic hydroxyl groups excluding tert-OH is 2. The Kier molecular flexibility index (Phi) is 11.7. The molecule has 0 saturated carbocycles. The molecule has 0 amide bonds. The Bertz CT molecular complexity index is 279. The van der Waals surface area contributed by atoms with Crippen LogP contribution in [0.4, 0.5) is 0 Å². The number of hydrogen-bond acceptors (Lipinski definition) is 6. The molecule has 0 aromatic heterocycles. The third kappa shape index (κ3) is 7.74. The molecular formula is C10H22LiNO5S. The molecule has 2 N–H and O–H groups in total. The van der Waals surface area contributed by atoms with Gasteiger partial charge in [0.05, 0.1) is 29.1 Å². The van der Waals surface area contributed by atoms with Crippen molar-refractivity contribution < 1.29 is 42.0 Å². The minimum atomic E-state index is -4.27. The van der Waals surface area contributed by atoms with Crippen LogP contribution in [-0.2, 0) is 10.1 Å². The van der Waals surface area contributed by atoms with Crippen molar-refractivity contribution in [1.82, 2.24) is 4.90 Å². The zero-order chi connectivity index (χ0) is 13.5. The van der Waals surface area contributed by atoms with Gasteiger partial charge in [0.1, 0.15) is 0 Å². The monoisotopic (exact) mass is 275 g/mol. The van der Waals surface area contributed by atoms with Crippen LogP contribution in [0.15, 0.2) is 0 Å². The molecule has 0 saturated heterocycles. The first-order valence-corrected chi connectivity index (χ1v) is 7.38. The van der Waals surface area contributed by atoms with Crippen molar-refractivity contribution in [3.8, 4) is 0 Å². The molecule has 0 aliphatic carbocycles. The molecule has 0 aromatic carbocycles. The summed E-state index contributed by atoms with van der Waals surface area (Å²) in [6.45, 7) is 3.54. The summed E-state index contributed by atoms with van der Waals surface area (Å²) in [7, 11) is -4.27. The Morgan fingerprint density at radius 3 is 1.72 bits per heavy atom. The molecule has 2 atom stereocenters. The van der Waals surface area contributed by atoms with Gasteiger partial charge in [-0.1, -0.05) is 13.8 Å². The van der Waals surface area contributed by atoms with Gasteiger partial charge in [0.15, 0.2) is 0 Å². The van der Waals surface area contributed by atoms with Gasteiger partial charge in [0.25, 0.3) is 0 Å². The van der Waals surface area contributed by atoms with Gasteiger partial charge < -0.3 is 14.8 Å². The maximum absolute atomic E-state index is 10.6. The molecular weight excluding hydrogens is 253 g/mol. The minimum Gasteiger partial charge on any atom is -0.748 e. The second-order valence-corrected chi connectivity index (χ2v) is 5.51. The number of aliphatic hydroxyl groups is 2. The molecule has 18 heavy (non-hydrogen) atoms. The van der Waals surface area contributed by atoms with E-state index in [-0.39, 0.29) is 50.7 Å². The average Bonchev–Trinajstić information content (AvgIpc) is 2.26. The maximum atomic E-state index is 10.6. The first-order valence-electron chi connectivity index (χ1n) is 5.80. The molecule has 104 valence electrons. The van der Waals surface area contributed by atoms with E-state index in [9.17, 15) is 23.2 Å². The Hall–Kier alpha value is 0.387. The van der Waals surface area contributed by atoms with E-state index in [4.69, 9.17) is 0 Å². The first-order chi connectivity index (χ1) is 7.89. The van der Waals surface area contributed by atoms with Gasteiger partial charge in [-0.15, -0.1) is 0 Å². The van der Waals surface area contributed by atoms with Crippen molar-refractivity contribution in [3.05, 3.63) is 0 Å². The summed E-state index contributed by atoms with van der Waals surface area (Å²) >= 11 is 0. The summed E-state index contributed by atoms with van der Waals surface area (Å²) in [6.07, 6.45) is 1.26. The van der Waals surface area contributed by atoms with Crippen LogP contribution in [0, 0.1) is 0 Å². The van der Waals surface area contributed by atoms with E-state index in [0.717, 1.165) is 0 Å². The van der Waals surface area contributed by atoms with Crippen molar-refractivity contribution in [3.63, 3.8) is 0 Å². The fraction of sp³-hybridized carbons (Fsp3) is 1.00.